The number of hydrogen-bond acceptors (Lipinski definition) is 6. The SMILES string of the molecule is CCOc1cc2c(cc1/C=C/C(=O)O[C@H](C)C(=O)Nc1c(C)nn(C)c1C)O[C@@H](C)C2. The summed E-state index contributed by atoms with van der Waals surface area (Å²) in [5.41, 5.74) is 3.94. The molecule has 1 aromatic carbocycles. The normalized spacial score (nSPS) is 16.0. The molecule has 1 N–H and O–H groups in total. The molecule has 1 aliphatic rings. The van der Waals surface area contributed by atoms with Crippen LogP contribution in [-0.2, 0) is 27.8 Å². The molecule has 1 aromatic heterocycles. The van der Waals surface area contributed by atoms with Gasteiger partial charge in [0.05, 0.1) is 23.7 Å². The van der Waals surface area contributed by atoms with E-state index >= 15 is 0 Å². The summed E-state index contributed by atoms with van der Waals surface area (Å²) in [7, 11) is 1.80. The lowest BCUT2D eigenvalue weighted by Crippen LogP contribution is -2.29. The van der Waals surface area contributed by atoms with Crippen molar-refractivity contribution in [3.05, 3.63) is 40.7 Å². The maximum Gasteiger partial charge on any atom is 0.331 e. The number of hydrogen-bond donors (Lipinski definition) is 1. The van der Waals surface area contributed by atoms with Gasteiger partial charge in [-0.1, -0.05) is 0 Å². The second-order valence-electron chi connectivity index (χ2n) is 7.63. The third-order valence-electron chi connectivity index (χ3n) is 5.15. The molecule has 0 bridgehead atoms. The van der Waals surface area contributed by atoms with Crippen LogP contribution in [0.2, 0.25) is 0 Å². The van der Waals surface area contributed by atoms with Gasteiger partial charge in [-0.15, -0.1) is 0 Å². The standard InChI is InChI=1S/C23H29N3O5/c1-7-29-19-12-18-10-13(2)30-20(18)11-17(19)8-9-21(27)31-16(5)23(28)24-22-14(3)25-26(6)15(22)4/h8-9,11-13,16H,7,10H2,1-6H3,(H,24,28)/b9-8+/t13-,16+/m0/s1. The van der Waals surface area contributed by atoms with E-state index in [-0.39, 0.29) is 6.10 Å². The molecule has 1 amide bonds. The molecule has 3 rings (SSSR count). The Balaban J connectivity index is 1.66. The van der Waals surface area contributed by atoms with Crippen molar-refractivity contribution < 1.29 is 23.8 Å². The number of ether oxygens (including phenoxy) is 3. The van der Waals surface area contributed by atoms with Gasteiger partial charge in [-0.25, -0.2) is 4.79 Å². The van der Waals surface area contributed by atoms with Crippen LogP contribution in [0.4, 0.5) is 5.69 Å². The molecule has 2 heterocycles. The Hall–Kier alpha value is -3.29. The van der Waals surface area contributed by atoms with Crippen LogP contribution in [0.5, 0.6) is 11.5 Å². The number of carbonyl (C=O) groups is 2. The highest BCUT2D eigenvalue weighted by Gasteiger charge is 2.22. The molecule has 2 atom stereocenters. The molecule has 0 saturated carbocycles. The fraction of sp³-hybridized carbons (Fsp3) is 0.435. The quantitative estimate of drug-likeness (QED) is 0.538. The maximum absolute atomic E-state index is 12.4. The highest BCUT2D eigenvalue weighted by Crippen LogP contribution is 2.35. The monoisotopic (exact) mass is 427 g/mol. The molecule has 0 saturated heterocycles. The zero-order chi connectivity index (χ0) is 22.7. The second-order valence-corrected chi connectivity index (χ2v) is 7.63. The van der Waals surface area contributed by atoms with Crippen molar-refractivity contribution in [2.45, 2.75) is 53.2 Å². The second kappa shape index (κ2) is 9.24. The van der Waals surface area contributed by atoms with E-state index in [1.807, 2.05) is 32.9 Å². The third-order valence-corrected chi connectivity index (χ3v) is 5.15. The van der Waals surface area contributed by atoms with E-state index in [2.05, 4.69) is 10.4 Å². The van der Waals surface area contributed by atoms with Gasteiger partial charge < -0.3 is 19.5 Å². The van der Waals surface area contributed by atoms with E-state index in [0.29, 0.717) is 29.3 Å². The lowest BCUT2D eigenvalue weighted by molar-refractivity contribution is -0.148. The van der Waals surface area contributed by atoms with Crippen LogP contribution in [0.3, 0.4) is 0 Å². The Kier molecular flexibility index (Phi) is 6.68. The van der Waals surface area contributed by atoms with E-state index in [4.69, 9.17) is 14.2 Å². The molecule has 8 heteroatoms. The number of anilines is 1. The molecule has 0 spiro atoms. The van der Waals surface area contributed by atoms with Gasteiger partial charge in [-0.3, -0.25) is 9.48 Å². The largest absolute Gasteiger partial charge is 0.493 e. The topological polar surface area (TPSA) is 91.7 Å². The summed E-state index contributed by atoms with van der Waals surface area (Å²) in [5, 5.41) is 7.04. The summed E-state index contributed by atoms with van der Waals surface area (Å²) < 4.78 is 18.5. The summed E-state index contributed by atoms with van der Waals surface area (Å²) in [4.78, 5) is 24.7. The molecule has 166 valence electrons. The molecular formula is C23H29N3O5. The fourth-order valence-electron chi connectivity index (χ4n) is 3.47. The first kappa shape index (κ1) is 22.4. The number of benzene rings is 1. The lowest BCUT2D eigenvalue weighted by Gasteiger charge is -2.13. The third kappa shape index (κ3) is 5.07. The van der Waals surface area contributed by atoms with Gasteiger partial charge in [-0.05, 0) is 52.8 Å². The summed E-state index contributed by atoms with van der Waals surface area (Å²) in [6.07, 6.45) is 2.86. The fourth-order valence-corrected chi connectivity index (χ4v) is 3.47. The minimum absolute atomic E-state index is 0.111. The summed E-state index contributed by atoms with van der Waals surface area (Å²) in [6, 6.07) is 3.81. The van der Waals surface area contributed by atoms with Crippen LogP contribution < -0.4 is 14.8 Å². The Labute approximate surface area is 182 Å². The average Bonchev–Trinajstić information content (AvgIpc) is 3.18. The molecule has 31 heavy (non-hydrogen) atoms. The number of aryl methyl sites for hydroxylation is 2. The molecule has 0 fully saturated rings. The van der Waals surface area contributed by atoms with Gasteiger partial charge in [0.1, 0.15) is 17.6 Å². The van der Waals surface area contributed by atoms with Crippen LogP contribution in [0.15, 0.2) is 18.2 Å². The zero-order valence-electron chi connectivity index (χ0n) is 18.8. The first-order valence-corrected chi connectivity index (χ1v) is 10.4. The predicted octanol–water partition coefficient (Wildman–Crippen LogP) is 3.34. The van der Waals surface area contributed by atoms with Gasteiger partial charge >= 0.3 is 5.97 Å². The van der Waals surface area contributed by atoms with E-state index in [0.717, 1.165) is 23.4 Å². The van der Waals surface area contributed by atoms with Crippen LogP contribution in [0, 0.1) is 13.8 Å². The number of fused-ring (bicyclic) bond motifs is 1. The minimum Gasteiger partial charge on any atom is -0.493 e. The van der Waals surface area contributed by atoms with Crippen molar-refractivity contribution in [3.8, 4) is 11.5 Å². The number of rotatable bonds is 7. The number of nitrogens with one attached hydrogen (secondary N) is 1. The first-order valence-electron chi connectivity index (χ1n) is 10.4. The van der Waals surface area contributed by atoms with Crippen LogP contribution in [0.25, 0.3) is 6.08 Å². The van der Waals surface area contributed by atoms with Crippen molar-refractivity contribution >= 4 is 23.6 Å². The molecule has 0 unspecified atom stereocenters. The number of carbonyl (C=O) groups excluding carboxylic acids is 2. The zero-order valence-corrected chi connectivity index (χ0v) is 18.8. The van der Waals surface area contributed by atoms with Crippen molar-refractivity contribution in [1.29, 1.82) is 0 Å². The van der Waals surface area contributed by atoms with Crippen molar-refractivity contribution in [1.82, 2.24) is 9.78 Å². The van der Waals surface area contributed by atoms with E-state index in [9.17, 15) is 9.59 Å². The number of aromatic nitrogens is 2. The van der Waals surface area contributed by atoms with Gasteiger partial charge in [0.25, 0.3) is 5.91 Å². The number of esters is 1. The lowest BCUT2D eigenvalue weighted by atomic mass is 10.1. The van der Waals surface area contributed by atoms with Gasteiger partial charge in [0.15, 0.2) is 6.10 Å². The summed E-state index contributed by atoms with van der Waals surface area (Å²) in [6.45, 7) is 9.60. The summed E-state index contributed by atoms with van der Waals surface area (Å²) >= 11 is 0. The van der Waals surface area contributed by atoms with Gasteiger partial charge in [0, 0.05) is 30.7 Å². The predicted molar refractivity (Wildman–Crippen MR) is 117 cm³/mol. The van der Waals surface area contributed by atoms with Crippen LogP contribution in [-0.4, -0.2) is 40.5 Å². The number of amides is 1. The highest BCUT2D eigenvalue weighted by atomic mass is 16.5. The number of nitrogens with zero attached hydrogens (tertiary/aromatic N) is 2. The highest BCUT2D eigenvalue weighted by molar-refractivity contribution is 5.97. The van der Waals surface area contributed by atoms with E-state index in [1.54, 1.807) is 24.7 Å². The van der Waals surface area contributed by atoms with Crippen molar-refractivity contribution in [3.63, 3.8) is 0 Å². The van der Waals surface area contributed by atoms with Crippen LogP contribution in [0.1, 0.15) is 43.3 Å². The average molecular weight is 428 g/mol. The molecule has 0 aliphatic carbocycles. The Bertz CT molecular complexity index is 1020. The molecule has 0 radical (unpaired) electrons. The maximum atomic E-state index is 12.4. The minimum atomic E-state index is -0.966. The Morgan fingerprint density at radius 1 is 1.39 bits per heavy atom. The van der Waals surface area contributed by atoms with Gasteiger partial charge in [0.2, 0.25) is 0 Å². The van der Waals surface area contributed by atoms with E-state index < -0.39 is 18.0 Å². The first-order chi connectivity index (χ1) is 14.7. The molecule has 2 aromatic rings. The molecule has 8 nitrogen and oxygen atoms in total. The molecule has 1 aliphatic heterocycles. The van der Waals surface area contributed by atoms with E-state index in [1.165, 1.54) is 13.0 Å². The smallest absolute Gasteiger partial charge is 0.331 e. The Morgan fingerprint density at radius 2 is 2.13 bits per heavy atom. The summed E-state index contributed by atoms with van der Waals surface area (Å²) in [5.74, 6) is 0.422. The van der Waals surface area contributed by atoms with Crippen molar-refractivity contribution in [2.75, 3.05) is 11.9 Å². The van der Waals surface area contributed by atoms with Crippen LogP contribution >= 0.6 is 0 Å². The molecular weight excluding hydrogens is 398 g/mol. The van der Waals surface area contributed by atoms with Gasteiger partial charge in [-0.2, -0.15) is 5.10 Å². The Morgan fingerprint density at radius 3 is 2.77 bits per heavy atom. The van der Waals surface area contributed by atoms with Crippen molar-refractivity contribution in [2.24, 2.45) is 7.05 Å².